The fourth-order valence-corrected chi connectivity index (χ4v) is 5.03. The van der Waals surface area contributed by atoms with E-state index in [2.05, 4.69) is 29.2 Å². The third-order valence-corrected chi connectivity index (χ3v) is 7.10. The Morgan fingerprint density at radius 2 is 1.78 bits per heavy atom. The van der Waals surface area contributed by atoms with E-state index in [9.17, 15) is 10.1 Å². The highest BCUT2D eigenvalue weighted by Crippen LogP contribution is 2.26. The van der Waals surface area contributed by atoms with Gasteiger partial charge >= 0.3 is 0 Å². The molecule has 1 aromatic heterocycles. The molecule has 0 N–H and O–H groups in total. The van der Waals surface area contributed by atoms with Crippen LogP contribution in [0.2, 0.25) is 0 Å². The number of thiazole rings is 1. The van der Waals surface area contributed by atoms with Crippen LogP contribution in [-0.4, -0.2) is 41.6 Å². The van der Waals surface area contributed by atoms with E-state index in [1.165, 1.54) is 17.4 Å². The van der Waals surface area contributed by atoms with Crippen molar-refractivity contribution in [1.82, 2.24) is 4.68 Å². The normalized spacial score (nSPS) is 14.7. The largest absolute Gasteiger partial charge is 0.378 e. The van der Waals surface area contributed by atoms with Gasteiger partial charge in [0.2, 0.25) is 4.80 Å². The van der Waals surface area contributed by atoms with Crippen LogP contribution in [0.3, 0.4) is 0 Å². The van der Waals surface area contributed by atoms with Crippen molar-refractivity contribution >= 4 is 34.1 Å². The van der Waals surface area contributed by atoms with Crippen molar-refractivity contribution in [3.05, 3.63) is 104 Å². The molecule has 8 nitrogen and oxygen atoms in total. The summed E-state index contributed by atoms with van der Waals surface area (Å²) in [4.78, 5) is 18.9. The van der Waals surface area contributed by atoms with E-state index in [1.807, 2.05) is 49.6 Å². The molecule has 0 unspecified atom stereocenters. The van der Waals surface area contributed by atoms with E-state index in [-0.39, 0.29) is 10.6 Å². The molecular formula is C28H27N5O3S. The maximum absolute atomic E-state index is 11.4. The average molecular weight is 514 g/mol. The maximum Gasteiger partial charge on any atom is 0.270 e. The fourth-order valence-electron chi connectivity index (χ4n) is 4.19. The second-order valence-electron chi connectivity index (χ2n) is 8.75. The molecule has 37 heavy (non-hydrogen) atoms. The molecule has 0 radical (unpaired) electrons. The SMILES string of the molecule is C/C(=N\n1c(-c2cccc([N+](=O)[O-])c2)csc1=Nc1ccccc1C)c1ccc(N2CCOCC2)cc1. The predicted molar refractivity (Wildman–Crippen MR) is 148 cm³/mol. The highest BCUT2D eigenvalue weighted by molar-refractivity contribution is 7.07. The Morgan fingerprint density at radius 1 is 1.03 bits per heavy atom. The zero-order valence-corrected chi connectivity index (χ0v) is 21.5. The highest BCUT2D eigenvalue weighted by Gasteiger charge is 2.14. The van der Waals surface area contributed by atoms with Gasteiger partial charge in [0.1, 0.15) is 0 Å². The predicted octanol–water partition coefficient (Wildman–Crippen LogP) is 5.77. The van der Waals surface area contributed by atoms with Crippen LogP contribution >= 0.6 is 11.3 Å². The van der Waals surface area contributed by atoms with Crippen LogP contribution in [-0.2, 0) is 4.74 Å². The zero-order chi connectivity index (χ0) is 25.8. The van der Waals surface area contributed by atoms with Gasteiger partial charge in [-0.1, -0.05) is 42.5 Å². The summed E-state index contributed by atoms with van der Waals surface area (Å²) in [5.74, 6) is 0. The number of aromatic nitrogens is 1. The quantitative estimate of drug-likeness (QED) is 0.186. The monoisotopic (exact) mass is 513 g/mol. The summed E-state index contributed by atoms with van der Waals surface area (Å²) in [6.45, 7) is 7.22. The highest BCUT2D eigenvalue weighted by atomic mass is 32.1. The summed E-state index contributed by atoms with van der Waals surface area (Å²) in [6.07, 6.45) is 0. The van der Waals surface area contributed by atoms with Crippen LogP contribution in [0.25, 0.3) is 11.3 Å². The van der Waals surface area contributed by atoms with Crippen LogP contribution in [0.5, 0.6) is 0 Å². The molecule has 0 atom stereocenters. The lowest BCUT2D eigenvalue weighted by molar-refractivity contribution is -0.384. The number of morpholine rings is 1. The van der Waals surface area contributed by atoms with Gasteiger partial charge in [0.25, 0.3) is 5.69 Å². The molecule has 5 rings (SSSR count). The van der Waals surface area contributed by atoms with Gasteiger partial charge in [0, 0.05) is 41.9 Å². The first-order valence-electron chi connectivity index (χ1n) is 12.0. The molecule has 0 saturated carbocycles. The molecule has 0 spiro atoms. The van der Waals surface area contributed by atoms with Crippen molar-refractivity contribution in [2.45, 2.75) is 13.8 Å². The Kier molecular flexibility index (Phi) is 7.25. The lowest BCUT2D eigenvalue weighted by Crippen LogP contribution is -2.36. The summed E-state index contributed by atoms with van der Waals surface area (Å²) in [5.41, 5.74) is 6.35. The third-order valence-electron chi connectivity index (χ3n) is 6.28. The van der Waals surface area contributed by atoms with E-state index in [1.54, 1.807) is 16.8 Å². The fraction of sp³-hybridized carbons (Fsp3) is 0.214. The van der Waals surface area contributed by atoms with Gasteiger partial charge in [-0.05, 0) is 43.2 Å². The van der Waals surface area contributed by atoms with Gasteiger partial charge in [-0.3, -0.25) is 10.1 Å². The summed E-state index contributed by atoms with van der Waals surface area (Å²) in [7, 11) is 0. The van der Waals surface area contributed by atoms with E-state index >= 15 is 0 Å². The van der Waals surface area contributed by atoms with E-state index in [4.69, 9.17) is 14.8 Å². The first-order valence-corrected chi connectivity index (χ1v) is 12.9. The van der Waals surface area contributed by atoms with Gasteiger partial charge < -0.3 is 9.64 Å². The standard InChI is InChI=1S/C28H27N5O3S/c1-20-6-3-4-9-26(20)29-28-32(27(19-37-28)23-7-5-8-25(18-23)33(34)35)30-21(2)22-10-12-24(13-11-22)31-14-16-36-17-15-31/h3-13,18-19H,14-17H2,1-2H3/b29-28?,30-21+. The number of aryl methyl sites for hydroxylation is 1. The molecule has 188 valence electrons. The first-order chi connectivity index (χ1) is 18.0. The van der Waals surface area contributed by atoms with Gasteiger partial charge in [-0.25, -0.2) is 9.67 Å². The number of benzene rings is 3. The molecule has 0 amide bonds. The second kappa shape index (κ2) is 10.9. The number of non-ortho nitro benzene ring substituents is 1. The number of rotatable bonds is 6. The molecule has 0 bridgehead atoms. The average Bonchev–Trinajstić information content (AvgIpc) is 3.32. The molecule has 1 aliphatic heterocycles. The molecule has 4 aromatic rings. The second-order valence-corrected chi connectivity index (χ2v) is 9.59. The first kappa shape index (κ1) is 24.6. The number of anilines is 1. The molecule has 3 aromatic carbocycles. The molecule has 1 aliphatic rings. The maximum atomic E-state index is 11.4. The molecule has 1 saturated heterocycles. The minimum absolute atomic E-state index is 0.0343. The molecule has 9 heteroatoms. The van der Waals surface area contributed by atoms with Crippen molar-refractivity contribution in [3.63, 3.8) is 0 Å². The number of hydrogen-bond acceptors (Lipinski definition) is 7. The van der Waals surface area contributed by atoms with E-state index in [0.717, 1.165) is 60.2 Å². The van der Waals surface area contributed by atoms with Gasteiger partial charge in [-0.15, -0.1) is 11.3 Å². The van der Waals surface area contributed by atoms with Crippen molar-refractivity contribution in [3.8, 4) is 11.3 Å². The summed E-state index contributed by atoms with van der Waals surface area (Å²) >= 11 is 1.45. The topological polar surface area (TPSA) is 85.3 Å². The van der Waals surface area contributed by atoms with Gasteiger partial charge in [0.15, 0.2) is 0 Å². The van der Waals surface area contributed by atoms with E-state index in [0.29, 0.717) is 10.4 Å². The third kappa shape index (κ3) is 5.52. The van der Waals surface area contributed by atoms with Crippen LogP contribution in [0, 0.1) is 17.0 Å². The zero-order valence-electron chi connectivity index (χ0n) is 20.7. The van der Waals surface area contributed by atoms with Crippen molar-refractivity contribution in [2.75, 3.05) is 31.2 Å². The number of nitro benzene ring substituents is 1. The Bertz CT molecular complexity index is 1520. The minimum Gasteiger partial charge on any atom is -0.378 e. The molecule has 1 fully saturated rings. The van der Waals surface area contributed by atoms with Crippen molar-refractivity contribution in [1.29, 1.82) is 0 Å². The summed E-state index contributed by atoms with van der Waals surface area (Å²) in [6, 6.07) is 22.9. The van der Waals surface area contributed by atoms with Crippen molar-refractivity contribution < 1.29 is 9.66 Å². The number of hydrogen-bond donors (Lipinski definition) is 0. The van der Waals surface area contributed by atoms with Crippen molar-refractivity contribution in [2.24, 2.45) is 10.1 Å². The van der Waals surface area contributed by atoms with E-state index < -0.39 is 0 Å². The Balaban J connectivity index is 1.58. The van der Waals surface area contributed by atoms with Crippen LogP contribution < -0.4 is 9.70 Å². The van der Waals surface area contributed by atoms with Crippen LogP contribution in [0.1, 0.15) is 18.1 Å². The number of nitro groups is 1. The number of para-hydroxylation sites is 1. The van der Waals surface area contributed by atoms with Gasteiger partial charge in [-0.2, -0.15) is 5.10 Å². The summed E-state index contributed by atoms with van der Waals surface area (Å²) in [5, 5.41) is 18.3. The van der Waals surface area contributed by atoms with Gasteiger partial charge in [0.05, 0.1) is 35.2 Å². The lowest BCUT2D eigenvalue weighted by atomic mass is 10.1. The number of nitrogens with zero attached hydrogens (tertiary/aromatic N) is 5. The Hall–Kier alpha value is -4.08. The number of ether oxygens (including phenoxy) is 1. The Morgan fingerprint density at radius 3 is 2.51 bits per heavy atom. The lowest BCUT2D eigenvalue weighted by Gasteiger charge is -2.28. The summed E-state index contributed by atoms with van der Waals surface area (Å²) < 4.78 is 7.24. The van der Waals surface area contributed by atoms with Crippen LogP contribution in [0.15, 0.2) is 88.3 Å². The molecule has 2 heterocycles. The minimum atomic E-state index is -0.386. The molecular weight excluding hydrogens is 486 g/mol. The molecule has 0 aliphatic carbocycles. The van der Waals surface area contributed by atoms with Crippen LogP contribution in [0.4, 0.5) is 17.1 Å². The Labute approximate surface area is 219 Å². The smallest absolute Gasteiger partial charge is 0.270 e.